The summed E-state index contributed by atoms with van der Waals surface area (Å²) in [7, 11) is 0. The number of pyridine rings is 1. The van der Waals surface area contributed by atoms with Crippen molar-refractivity contribution < 1.29 is 32.4 Å². The maximum absolute atomic E-state index is 13.0. The summed E-state index contributed by atoms with van der Waals surface area (Å²) in [5.74, 6) is -1.22. The molecular weight excluding hydrogens is 567 g/mol. The van der Waals surface area contributed by atoms with Gasteiger partial charge in [0.05, 0.1) is 11.5 Å². The Labute approximate surface area is 242 Å². The zero-order valence-electron chi connectivity index (χ0n) is 22.6. The summed E-state index contributed by atoms with van der Waals surface area (Å²) in [5.41, 5.74) is 9.55. The van der Waals surface area contributed by atoms with Gasteiger partial charge in [-0.15, -0.1) is 0 Å². The monoisotopic (exact) mass is 593 g/mol. The Morgan fingerprint density at radius 2 is 1.72 bits per heavy atom. The van der Waals surface area contributed by atoms with E-state index in [4.69, 9.17) is 15.6 Å². The second kappa shape index (κ2) is 11.0. The van der Waals surface area contributed by atoms with E-state index in [0.29, 0.717) is 41.9 Å². The molecule has 2 atom stereocenters. The highest BCUT2D eigenvalue weighted by Gasteiger charge is 2.36. The van der Waals surface area contributed by atoms with E-state index in [0.717, 1.165) is 31.2 Å². The van der Waals surface area contributed by atoms with Crippen LogP contribution in [0.2, 0.25) is 0 Å². The normalized spacial score (nSPS) is 18.4. The molecule has 3 heterocycles. The van der Waals surface area contributed by atoms with Crippen LogP contribution in [0.4, 0.5) is 24.8 Å². The van der Waals surface area contributed by atoms with Crippen LogP contribution in [-0.2, 0) is 20.6 Å². The van der Waals surface area contributed by atoms with Crippen LogP contribution in [0, 0.1) is 11.8 Å². The molecule has 6 rings (SSSR count). The van der Waals surface area contributed by atoms with Crippen LogP contribution in [0.15, 0.2) is 55.0 Å². The molecule has 2 aliphatic carbocycles. The first-order chi connectivity index (χ1) is 20.6. The molecule has 222 valence electrons. The fourth-order valence-corrected chi connectivity index (χ4v) is 5.26. The van der Waals surface area contributed by atoms with E-state index in [1.165, 1.54) is 12.1 Å². The number of hydrogen-bond acceptors (Lipinski definition) is 8. The number of amides is 2. The minimum Gasteiger partial charge on any atom is -0.382 e. The van der Waals surface area contributed by atoms with Crippen LogP contribution in [0.1, 0.15) is 59.8 Å². The Morgan fingerprint density at radius 3 is 2.44 bits per heavy atom. The number of nitrogens with zero attached hydrogens (tertiary/aromatic N) is 4. The Morgan fingerprint density at radius 1 is 0.977 bits per heavy atom. The predicted molar refractivity (Wildman–Crippen MR) is 147 cm³/mol. The lowest BCUT2D eigenvalue weighted by Gasteiger charge is -2.11. The van der Waals surface area contributed by atoms with E-state index in [2.05, 4.69) is 20.8 Å². The van der Waals surface area contributed by atoms with Gasteiger partial charge in [-0.05, 0) is 56.4 Å². The van der Waals surface area contributed by atoms with Crippen LogP contribution in [-0.4, -0.2) is 37.1 Å². The molecule has 3 aromatic heterocycles. The van der Waals surface area contributed by atoms with E-state index in [1.54, 1.807) is 24.5 Å². The van der Waals surface area contributed by atoms with Gasteiger partial charge in [-0.2, -0.15) is 18.7 Å². The molecule has 2 saturated carbocycles. The number of anilines is 2. The second-order valence-electron chi connectivity index (χ2n) is 10.7. The molecule has 1 aromatic carbocycles. The predicted octanol–water partition coefficient (Wildman–Crippen LogP) is 4.51. The highest BCUT2D eigenvalue weighted by molar-refractivity contribution is 6.04. The van der Waals surface area contributed by atoms with E-state index < -0.39 is 23.6 Å². The number of nitrogens with one attached hydrogen (secondary N) is 2. The number of carbonyl (C=O) groups is 3. The molecule has 14 heteroatoms. The van der Waals surface area contributed by atoms with E-state index in [-0.39, 0.29) is 40.9 Å². The number of fused-ring (bicyclic) bond motifs is 1. The van der Waals surface area contributed by atoms with Crippen LogP contribution in [0.3, 0.4) is 0 Å². The summed E-state index contributed by atoms with van der Waals surface area (Å²) in [4.78, 5) is 55.0. The zero-order valence-corrected chi connectivity index (χ0v) is 22.6. The van der Waals surface area contributed by atoms with Gasteiger partial charge in [0.2, 0.25) is 0 Å². The third-order valence-electron chi connectivity index (χ3n) is 7.69. The van der Waals surface area contributed by atoms with Crippen molar-refractivity contribution >= 4 is 34.9 Å². The van der Waals surface area contributed by atoms with Crippen molar-refractivity contribution in [2.75, 3.05) is 11.1 Å². The van der Waals surface area contributed by atoms with Crippen molar-refractivity contribution in [3.05, 3.63) is 71.9 Å². The molecule has 0 bridgehead atoms. The summed E-state index contributed by atoms with van der Waals surface area (Å²) in [6.07, 6.45) is 3.03. The maximum Gasteiger partial charge on any atom is 0.416 e. The van der Waals surface area contributed by atoms with Gasteiger partial charge >= 0.3 is 12.1 Å². The topological polar surface area (TPSA) is 154 Å². The number of nitrogens with two attached hydrogens (primary N) is 1. The lowest BCUT2D eigenvalue weighted by molar-refractivity contribution is -0.160. The summed E-state index contributed by atoms with van der Waals surface area (Å²) in [6, 6.07) is 7.95. The van der Waals surface area contributed by atoms with Gasteiger partial charge in [-0.25, -0.2) is 19.7 Å². The number of carbonyl (C=O) groups excluding carboxylic acids is 3. The van der Waals surface area contributed by atoms with E-state index >= 15 is 0 Å². The molecule has 0 unspecified atom stereocenters. The molecule has 0 saturated heterocycles. The summed E-state index contributed by atoms with van der Waals surface area (Å²) < 4.78 is 40.9. The number of benzene rings is 1. The molecule has 2 amide bonds. The van der Waals surface area contributed by atoms with Gasteiger partial charge in [-0.3, -0.25) is 14.0 Å². The average Bonchev–Trinajstić information content (AvgIpc) is 3.60. The first kappa shape index (κ1) is 28.1. The first-order valence-corrected chi connectivity index (χ1v) is 13.7. The van der Waals surface area contributed by atoms with Crippen molar-refractivity contribution in [1.29, 1.82) is 0 Å². The minimum absolute atomic E-state index is 0.0806. The fourth-order valence-electron chi connectivity index (χ4n) is 5.26. The van der Waals surface area contributed by atoms with Gasteiger partial charge in [0.1, 0.15) is 28.7 Å². The largest absolute Gasteiger partial charge is 0.416 e. The molecule has 11 nitrogen and oxygen atoms in total. The zero-order chi connectivity index (χ0) is 30.3. The van der Waals surface area contributed by atoms with Crippen LogP contribution in [0.25, 0.3) is 16.8 Å². The third kappa shape index (κ3) is 5.85. The Kier molecular flexibility index (Phi) is 7.20. The lowest BCUT2D eigenvalue weighted by Crippen LogP contribution is -2.32. The van der Waals surface area contributed by atoms with Gasteiger partial charge in [0, 0.05) is 41.6 Å². The summed E-state index contributed by atoms with van der Waals surface area (Å²) in [6.45, 7) is 0. The summed E-state index contributed by atoms with van der Waals surface area (Å²) >= 11 is 0. The van der Waals surface area contributed by atoms with Gasteiger partial charge in [0.25, 0.3) is 11.8 Å². The number of aromatic nitrogens is 4. The number of imidazole rings is 1. The lowest BCUT2D eigenvalue weighted by atomic mass is 10.0. The van der Waals surface area contributed by atoms with Crippen molar-refractivity contribution in [3.63, 3.8) is 0 Å². The molecular formula is C29H26F3N7O4. The second-order valence-corrected chi connectivity index (χ2v) is 10.7. The average molecular weight is 594 g/mol. The molecule has 43 heavy (non-hydrogen) atoms. The molecule has 0 radical (unpaired) electrons. The van der Waals surface area contributed by atoms with Crippen LogP contribution >= 0.6 is 0 Å². The van der Waals surface area contributed by atoms with Gasteiger partial charge in [-0.1, -0.05) is 12.1 Å². The highest BCUT2D eigenvalue weighted by atomic mass is 19.4. The van der Waals surface area contributed by atoms with E-state index in [9.17, 15) is 27.6 Å². The molecule has 2 aliphatic rings. The number of alkyl halides is 3. The van der Waals surface area contributed by atoms with Crippen LogP contribution in [0.5, 0.6) is 0 Å². The number of hydroxylamine groups is 1. The molecule has 4 aromatic rings. The molecule has 4 N–H and O–H groups in total. The van der Waals surface area contributed by atoms with Crippen molar-refractivity contribution in [1.82, 2.24) is 24.8 Å². The molecule has 0 spiro atoms. The van der Waals surface area contributed by atoms with Crippen molar-refractivity contribution in [2.24, 2.45) is 11.8 Å². The number of rotatable bonds is 6. The maximum atomic E-state index is 13.0. The SMILES string of the molecule is Nc1nccn2c([C@@H]3CC[C@H](C(=O)NOC(=O)C4CC4)C3)nc(-c3ccc(C(=O)Nc4cc(C(F)(F)F)ccn4)cc3)c12. The van der Waals surface area contributed by atoms with Crippen molar-refractivity contribution in [3.8, 4) is 11.3 Å². The third-order valence-corrected chi connectivity index (χ3v) is 7.69. The first-order valence-electron chi connectivity index (χ1n) is 13.7. The number of nitrogen functional groups attached to an aromatic ring is 1. The van der Waals surface area contributed by atoms with Crippen molar-refractivity contribution in [2.45, 2.75) is 44.2 Å². The fraction of sp³-hybridized carbons (Fsp3) is 0.310. The number of hydrogen-bond donors (Lipinski definition) is 3. The Balaban J connectivity index is 1.20. The van der Waals surface area contributed by atoms with Crippen LogP contribution < -0.4 is 16.5 Å². The van der Waals surface area contributed by atoms with E-state index in [1.807, 2.05) is 4.40 Å². The number of halogens is 3. The highest BCUT2D eigenvalue weighted by Crippen LogP contribution is 2.41. The standard InChI is InChI=1S/C29H26F3N7O4/c30-29(31,32)20-9-10-34-21(14-20)36-26(40)16-3-1-15(2-4-16)22-23-24(33)35-11-12-39(23)25(37-22)18-7-8-19(13-18)27(41)38-43-28(42)17-5-6-17/h1-4,9-12,14,17-19H,5-8,13H2,(H2,33,35)(H,38,41)(H,34,36,40)/t18-,19+/m1/s1. The Hall–Kier alpha value is -5.01. The molecule has 0 aliphatic heterocycles. The minimum atomic E-state index is -4.57. The van der Waals surface area contributed by atoms with Gasteiger partial charge in [0.15, 0.2) is 0 Å². The molecule has 2 fully saturated rings. The quantitative estimate of drug-likeness (QED) is 0.276. The van der Waals surface area contributed by atoms with Gasteiger partial charge < -0.3 is 15.9 Å². The summed E-state index contributed by atoms with van der Waals surface area (Å²) in [5, 5.41) is 2.39. The smallest absolute Gasteiger partial charge is 0.382 e. The Bertz CT molecular complexity index is 1720.